The zero-order valence-electron chi connectivity index (χ0n) is 10.8. The van der Waals surface area contributed by atoms with E-state index in [0.29, 0.717) is 17.9 Å². The molecule has 1 N–H and O–H groups in total. The first-order valence-corrected chi connectivity index (χ1v) is 5.86. The number of carboxylic acid groups (broad SMARTS) is 1. The van der Waals surface area contributed by atoms with Crippen LogP contribution in [-0.2, 0) is 4.79 Å². The van der Waals surface area contributed by atoms with Gasteiger partial charge in [-0.3, -0.25) is 9.59 Å². The smallest absolute Gasteiger partial charge is 0.305 e. The van der Waals surface area contributed by atoms with Gasteiger partial charge >= 0.3 is 5.97 Å². The molecule has 5 nitrogen and oxygen atoms in total. The molecule has 0 radical (unpaired) electrons. The Morgan fingerprint density at radius 3 is 2.74 bits per heavy atom. The van der Waals surface area contributed by atoms with Crippen LogP contribution in [0, 0.1) is 0 Å². The van der Waals surface area contributed by atoms with Crippen molar-refractivity contribution >= 4 is 11.9 Å². The van der Waals surface area contributed by atoms with Gasteiger partial charge in [-0.05, 0) is 12.1 Å². The van der Waals surface area contributed by atoms with Gasteiger partial charge in [0.1, 0.15) is 12.4 Å². The molecule has 0 fully saturated rings. The molecule has 19 heavy (non-hydrogen) atoms. The van der Waals surface area contributed by atoms with Gasteiger partial charge in [0.15, 0.2) is 0 Å². The first kappa shape index (κ1) is 14.8. The third-order valence-corrected chi connectivity index (χ3v) is 2.48. The molecule has 0 unspecified atom stereocenters. The predicted octanol–water partition coefficient (Wildman–Crippen LogP) is 1.80. The molecule has 0 aliphatic rings. The van der Waals surface area contributed by atoms with Gasteiger partial charge in [-0.25, -0.2) is 0 Å². The van der Waals surface area contributed by atoms with Gasteiger partial charge in [-0.2, -0.15) is 0 Å². The van der Waals surface area contributed by atoms with Gasteiger partial charge in [0.05, 0.1) is 12.0 Å². The molecule has 0 saturated heterocycles. The molecule has 1 amide bonds. The summed E-state index contributed by atoms with van der Waals surface area (Å²) in [6.45, 7) is 4.01. The van der Waals surface area contributed by atoms with Crippen molar-refractivity contribution in [2.75, 3.05) is 20.2 Å². The monoisotopic (exact) mass is 263 g/mol. The molecule has 0 saturated carbocycles. The average molecular weight is 263 g/mol. The Labute approximate surface area is 112 Å². The number of carbonyl (C=O) groups is 2. The summed E-state index contributed by atoms with van der Waals surface area (Å²) in [4.78, 5) is 24.0. The molecule has 0 aliphatic carbocycles. The Hall–Kier alpha value is -2.30. The summed E-state index contributed by atoms with van der Waals surface area (Å²) >= 11 is 0. The van der Waals surface area contributed by atoms with E-state index in [-0.39, 0.29) is 18.9 Å². The summed E-state index contributed by atoms with van der Waals surface area (Å²) in [5, 5.41) is 8.61. The second-order valence-electron chi connectivity index (χ2n) is 3.97. The molecule has 0 aliphatic heterocycles. The van der Waals surface area contributed by atoms with Crippen LogP contribution in [0.5, 0.6) is 5.75 Å². The van der Waals surface area contributed by atoms with Crippen molar-refractivity contribution in [3.05, 3.63) is 42.5 Å². The van der Waals surface area contributed by atoms with Gasteiger partial charge in [-0.1, -0.05) is 24.8 Å². The lowest BCUT2D eigenvalue weighted by atomic mass is 10.1. The molecule has 1 aromatic rings. The third-order valence-electron chi connectivity index (χ3n) is 2.48. The molecular weight excluding hydrogens is 246 g/mol. The topological polar surface area (TPSA) is 66.8 Å². The number of carbonyl (C=O) groups excluding carboxylic acids is 1. The second kappa shape index (κ2) is 7.20. The first-order valence-electron chi connectivity index (χ1n) is 5.86. The number of rotatable bonds is 7. The molecule has 0 heterocycles. The lowest BCUT2D eigenvalue weighted by Gasteiger charge is -2.18. The average Bonchev–Trinajstić information content (AvgIpc) is 2.42. The Morgan fingerprint density at radius 2 is 2.11 bits per heavy atom. The van der Waals surface area contributed by atoms with Crippen LogP contribution in [0.3, 0.4) is 0 Å². The maximum absolute atomic E-state index is 12.2. The number of ether oxygens (including phenoxy) is 1. The molecule has 0 spiro atoms. The van der Waals surface area contributed by atoms with E-state index in [1.165, 1.54) is 4.90 Å². The number of hydrogen-bond donors (Lipinski definition) is 1. The number of amides is 1. The SMILES string of the molecule is C=CCOc1ccccc1C(=O)N(C)CCC(=O)O. The summed E-state index contributed by atoms with van der Waals surface area (Å²) in [7, 11) is 1.57. The Balaban J connectivity index is 2.80. The fourth-order valence-corrected chi connectivity index (χ4v) is 1.49. The Kier molecular flexibility index (Phi) is 5.60. The van der Waals surface area contributed by atoms with E-state index in [0.717, 1.165) is 0 Å². The molecule has 0 atom stereocenters. The van der Waals surface area contributed by atoms with Crippen molar-refractivity contribution < 1.29 is 19.4 Å². The van der Waals surface area contributed by atoms with Crippen molar-refractivity contribution in [2.45, 2.75) is 6.42 Å². The molecule has 0 aromatic heterocycles. The second-order valence-corrected chi connectivity index (χ2v) is 3.97. The fourth-order valence-electron chi connectivity index (χ4n) is 1.49. The lowest BCUT2D eigenvalue weighted by Crippen LogP contribution is -2.29. The fraction of sp³-hybridized carbons (Fsp3) is 0.286. The number of aliphatic carboxylic acids is 1. The van der Waals surface area contributed by atoms with Gasteiger partial charge in [0.25, 0.3) is 5.91 Å². The van der Waals surface area contributed by atoms with Gasteiger partial charge < -0.3 is 14.7 Å². The number of carboxylic acids is 1. The van der Waals surface area contributed by atoms with Crippen molar-refractivity contribution in [1.29, 1.82) is 0 Å². The summed E-state index contributed by atoms with van der Waals surface area (Å²) < 4.78 is 5.40. The number of benzene rings is 1. The Bertz CT molecular complexity index is 470. The maximum atomic E-state index is 12.2. The molecule has 0 bridgehead atoms. The van der Waals surface area contributed by atoms with E-state index < -0.39 is 5.97 Å². The molecule has 102 valence electrons. The summed E-state index contributed by atoms with van der Waals surface area (Å²) in [5.74, 6) is -0.730. The van der Waals surface area contributed by atoms with Crippen molar-refractivity contribution in [3.63, 3.8) is 0 Å². The van der Waals surface area contributed by atoms with Crippen LogP contribution in [0.15, 0.2) is 36.9 Å². The van der Waals surface area contributed by atoms with Crippen molar-refractivity contribution in [1.82, 2.24) is 4.90 Å². The van der Waals surface area contributed by atoms with E-state index in [4.69, 9.17) is 9.84 Å². The minimum absolute atomic E-state index is 0.0854. The summed E-state index contributed by atoms with van der Waals surface area (Å²) in [5.41, 5.74) is 0.414. The predicted molar refractivity (Wildman–Crippen MR) is 71.3 cm³/mol. The van der Waals surface area contributed by atoms with Crippen LogP contribution in [-0.4, -0.2) is 42.1 Å². The Morgan fingerprint density at radius 1 is 1.42 bits per heavy atom. The minimum atomic E-state index is -0.934. The first-order chi connectivity index (χ1) is 9.06. The van der Waals surface area contributed by atoms with Crippen LogP contribution < -0.4 is 4.74 Å². The van der Waals surface area contributed by atoms with Gasteiger partial charge in [0, 0.05) is 13.6 Å². The van der Waals surface area contributed by atoms with Gasteiger partial charge in [-0.15, -0.1) is 0 Å². The van der Waals surface area contributed by atoms with E-state index in [9.17, 15) is 9.59 Å². The minimum Gasteiger partial charge on any atom is -0.489 e. The van der Waals surface area contributed by atoms with Crippen LogP contribution in [0.4, 0.5) is 0 Å². The van der Waals surface area contributed by atoms with Crippen LogP contribution in [0.25, 0.3) is 0 Å². The van der Waals surface area contributed by atoms with Crippen LogP contribution in [0.2, 0.25) is 0 Å². The van der Waals surface area contributed by atoms with E-state index in [1.54, 1.807) is 37.4 Å². The number of para-hydroxylation sites is 1. The van der Waals surface area contributed by atoms with E-state index in [1.807, 2.05) is 0 Å². The highest BCUT2D eigenvalue weighted by Crippen LogP contribution is 2.19. The van der Waals surface area contributed by atoms with Crippen LogP contribution >= 0.6 is 0 Å². The zero-order chi connectivity index (χ0) is 14.3. The molecule has 5 heteroatoms. The highest BCUT2D eigenvalue weighted by atomic mass is 16.5. The maximum Gasteiger partial charge on any atom is 0.305 e. The highest BCUT2D eigenvalue weighted by Gasteiger charge is 2.16. The van der Waals surface area contributed by atoms with E-state index in [2.05, 4.69) is 6.58 Å². The lowest BCUT2D eigenvalue weighted by molar-refractivity contribution is -0.137. The van der Waals surface area contributed by atoms with Gasteiger partial charge in [0.2, 0.25) is 0 Å². The zero-order valence-corrected chi connectivity index (χ0v) is 10.8. The quantitative estimate of drug-likeness (QED) is 0.762. The van der Waals surface area contributed by atoms with Crippen molar-refractivity contribution in [2.24, 2.45) is 0 Å². The third kappa shape index (κ3) is 4.46. The standard InChI is InChI=1S/C14H17NO4/c1-3-10-19-12-7-5-4-6-11(12)14(18)15(2)9-8-13(16)17/h3-7H,1,8-10H2,2H3,(H,16,17). The molecule has 1 aromatic carbocycles. The van der Waals surface area contributed by atoms with Crippen molar-refractivity contribution in [3.8, 4) is 5.75 Å². The van der Waals surface area contributed by atoms with Crippen LogP contribution in [0.1, 0.15) is 16.8 Å². The number of nitrogens with zero attached hydrogens (tertiary/aromatic N) is 1. The normalized spacial score (nSPS) is 9.74. The largest absolute Gasteiger partial charge is 0.489 e. The summed E-state index contributed by atoms with van der Waals surface area (Å²) in [6.07, 6.45) is 1.51. The number of hydrogen-bond acceptors (Lipinski definition) is 3. The summed E-state index contributed by atoms with van der Waals surface area (Å²) in [6, 6.07) is 6.85. The molecule has 1 rings (SSSR count). The van der Waals surface area contributed by atoms with E-state index >= 15 is 0 Å². The molecular formula is C14H17NO4. The highest BCUT2D eigenvalue weighted by molar-refractivity contribution is 5.96.